The van der Waals surface area contributed by atoms with Gasteiger partial charge in [-0.2, -0.15) is 0 Å². The lowest BCUT2D eigenvalue weighted by Gasteiger charge is -2.09. The molecule has 0 atom stereocenters. The van der Waals surface area contributed by atoms with E-state index in [1.807, 2.05) is 6.07 Å². The summed E-state index contributed by atoms with van der Waals surface area (Å²) in [5.41, 5.74) is 0.536. The minimum Gasteiger partial charge on any atom is -0.453 e. The SMILES string of the molecule is O=C(OCC(=O)c1ccccc1)C1=CC=CNS1. The van der Waals surface area contributed by atoms with Gasteiger partial charge in [0.25, 0.3) is 0 Å². The Morgan fingerprint density at radius 2 is 2.00 bits per heavy atom. The number of nitrogens with one attached hydrogen (secondary N) is 1. The fraction of sp³-hybridized carbons (Fsp3) is 0.0769. The smallest absolute Gasteiger partial charge is 0.346 e. The van der Waals surface area contributed by atoms with Crippen molar-refractivity contribution < 1.29 is 14.3 Å². The van der Waals surface area contributed by atoms with E-state index >= 15 is 0 Å². The van der Waals surface area contributed by atoms with Gasteiger partial charge in [-0.1, -0.05) is 30.3 Å². The van der Waals surface area contributed by atoms with Gasteiger partial charge in [0.2, 0.25) is 0 Å². The van der Waals surface area contributed by atoms with Crippen LogP contribution in [-0.4, -0.2) is 18.4 Å². The highest BCUT2D eigenvalue weighted by atomic mass is 32.2. The first-order valence-corrected chi connectivity index (χ1v) is 6.13. The highest BCUT2D eigenvalue weighted by Crippen LogP contribution is 2.16. The monoisotopic (exact) mass is 261 g/mol. The van der Waals surface area contributed by atoms with Crippen LogP contribution in [0, 0.1) is 0 Å². The number of Topliss-reactive ketones (excluding diaryl/α,β-unsaturated/α-hetero) is 1. The van der Waals surface area contributed by atoms with Crippen molar-refractivity contribution in [2.24, 2.45) is 0 Å². The fourth-order valence-corrected chi connectivity index (χ4v) is 1.89. The van der Waals surface area contributed by atoms with Gasteiger partial charge in [-0.05, 0) is 24.1 Å². The Balaban J connectivity index is 1.88. The minimum atomic E-state index is -0.499. The maximum atomic E-state index is 11.7. The highest BCUT2D eigenvalue weighted by molar-refractivity contribution is 8.02. The number of benzene rings is 1. The van der Waals surface area contributed by atoms with Crippen LogP contribution in [0.4, 0.5) is 0 Å². The van der Waals surface area contributed by atoms with Crippen LogP contribution in [0.5, 0.6) is 0 Å². The molecular formula is C13H11NO3S. The van der Waals surface area contributed by atoms with Crippen LogP contribution < -0.4 is 4.72 Å². The topological polar surface area (TPSA) is 55.4 Å². The third-order valence-corrected chi connectivity index (χ3v) is 2.99. The number of ketones is 1. The van der Waals surface area contributed by atoms with Gasteiger partial charge in [-0.15, -0.1) is 0 Å². The fourth-order valence-electron chi connectivity index (χ4n) is 1.33. The van der Waals surface area contributed by atoms with Gasteiger partial charge in [0.1, 0.15) is 4.91 Å². The molecule has 1 heterocycles. The van der Waals surface area contributed by atoms with Crippen LogP contribution in [0.25, 0.3) is 0 Å². The summed E-state index contributed by atoms with van der Waals surface area (Å²) in [5, 5.41) is 0. The number of hydrogen-bond acceptors (Lipinski definition) is 5. The summed E-state index contributed by atoms with van der Waals surface area (Å²) in [7, 11) is 0. The third kappa shape index (κ3) is 3.24. The number of ether oxygens (including phenoxy) is 1. The van der Waals surface area contributed by atoms with Crippen LogP contribution >= 0.6 is 11.9 Å². The molecular weight excluding hydrogens is 250 g/mol. The Hall–Kier alpha value is -2.01. The molecule has 0 aliphatic carbocycles. The molecule has 1 aromatic rings. The molecule has 0 bridgehead atoms. The average molecular weight is 261 g/mol. The van der Waals surface area contributed by atoms with E-state index in [9.17, 15) is 9.59 Å². The Bertz CT molecular complexity index is 508. The number of hydrogen-bond donors (Lipinski definition) is 1. The summed E-state index contributed by atoms with van der Waals surface area (Å²) in [5.74, 6) is -0.713. The summed E-state index contributed by atoms with van der Waals surface area (Å²) in [4.78, 5) is 23.7. The average Bonchev–Trinajstić information content (AvgIpc) is 2.46. The largest absolute Gasteiger partial charge is 0.453 e. The lowest BCUT2D eigenvalue weighted by molar-refractivity contribution is -0.137. The molecule has 1 aromatic carbocycles. The first-order valence-electron chi connectivity index (χ1n) is 5.32. The third-order valence-electron chi connectivity index (χ3n) is 2.21. The Morgan fingerprint density at radius 1 is 1.22 bits per heavy atom. The van der Waals surface area contributed by atoms with E-state index < -0.39 is 5.97 Å². The number of carbonyl (C=O) groups is 2. The molecule has 0 spiro atoms. The predicted molar refractivity (Wildman–Crippen MR) is 69.7 cm³/mol. The van der Waals surface area contributed by atoms with Crippen molar-refractivity contribution in [2.75, 3.05) is 6.61 Å². The van der Waals surface area contributed by atoms with Gasteiger partial charge >= 0.3 is 5.97 Å². The van der Waals surface area contributed by atoms with Crippen molar-refractivity contribution in [3.63, 3.8) is 0 Å². The molecule has 92 valence electrons. The number of rotatable bonds is 4. The van der Waals surface area contributed by atoms with E-state index in [4.69, 9.17) is 4.74 Å². The normalized spacial score (nSPS) is 13.4. The molecule has 1 aliphatic heterocycles. The van der Waals surface area contributed by atoms with E-state index in [0.29, 0.717) is 10.5 Å². The van der Waals surface area contributed by atoms with Crippen molar-refractivity contribution in [3.05, 3.63) is 59.2 Å². The lowest BCUT2D eigenvalue weighted by Crippen LogP contribution is -2.16. The Kier molecular flexibility index (Phi) is 4.20. The van der Waals surface area contributed by atoms with Crippen molar-refractivity contribution in [2.45, 2.75) is 0 Å². The minimum absolute atomic E-state index is 0.214. The Morgan fingerprint density at radius 3 is 2.67 bits per heavy atom. The van der Waals surface area contributed by atoms with Crippen molar-refractivity contribution in [1.29, 1.82) is 0 Å². The van der Waals surface area contributed by atoms with E-state index in [1.165, 1.54) is 0 Å². The van der Waals surface area contributed by atoms with Gasteiger partial charge in [-0.25, -0.2) is 4.79 Å². The second-order valence-corrected chi connectivity index (χ2v) is 4.35. The van der Waals surface area contributed by atoms with Gasteiger partial charge in [-0.3, -0.25) is 4.79 Å². The molecule has 1 N–H and O–H groups in total. The molecule has 2 rings (SSSR count). The lowest BCUT2D eigenvalue weighted by atomic mass is 10.1. The maximum Gasteiger partial charge on any atom is 0.346 e. The number of esters is 1. The van der Waals surface area contributed by atoms with Gasteiger partial charge in [0, 0.05) is 11.8 Å². The first-order chi connectivity index (χ1) is 8.77. The van der Waals surface area contributed by atoms with E-state index in [0.717, 1.165) is 11.9 Å². The summed E-state index contributed by atoms with van der Waals surface area (Å²) in [6, 6.07) is 8.74. The van der Waals surface area contributed by atoms with Crippen molar-refractivity contribution in [1.82, 2.24) is 4.72 Å². The van der Waals surface area contributed by atoms with Crippen molar-refractivity contribution in [3.8, 4) is 0 Å². The van der Waals surface area contributed by atoms with Crippen LogP contribution in [-0.2, 0) is 9.53 Å². The van der Waals surface area contributed by atoms with Crippen molar-refractivity contribution >= 4 is 23.7 Å². The zero-order valence-corrected chi connectivity index (χ0v) is 10.3. The zero-order valence-electron chi connectivity index (χ0n) is 9.46. The molecule has 0 fully saturated rings. The summed E-state index contributed by atoms with van der Waals surface area (Å²) >= 11 is 1.16. The van der Waals surface area contributed by atoms with Gasteiger partial charge in [0.15, 0.2) is 12.4 Å². The van der Waals surface area contributed by atoms with E-state index in [1.54, 1.807) is 42.6 Å². The molecule has 1 aliphatic rings. The molecule has 0 radical (unpaired) electrons. The molecule has 0 saturated heterocycles. The van der Waals surface area contributed by atoms with Gasteiger partial charge in [0.05, 0.1) is 0 Å². The first kappa shape index (κ1) is 12.4. The summed E-state index contributed by atoms with van der Waals surface area (Å²) < 4.78 is 7.76. The quantitative estimate of drug-likeness (QED) is 0.511. The number of carbonyl (C=O) groups excluding carboxylic acids is 2. The standard InChI is InChI=1S/C13H11NO3S/c15-11(10-5-2-1-3-6-10)9-17-13(16)12-7-4-8-14-18-12/h1-8,14H,9H2. The molecule has 0 amide bonds. The molecule has 4 nitrogen and oxygen atoms in total. The van der Waals surface area contributed by atoms with E-state index in [2.05, 4.69) is 4.72 Å². The summed E-state index contributed by atoms with van der Waals surface area (Å²) in [6.45, 7) is -0.246. The summed E-state index contributed by atoms with van der Waals surface area (Å²) in [6.07, 6.45) is 5.04. The Labute approximate surface area is 109 Å². The van der Waals surface area contributed by atoms with Crippen LogP contribution in [0.1, 0.15) is 10.4 Å². The maximum absolute atomic E-state index is 11.7. The van der Waals surface area contributed by atoms with Crippen LogP contribution in [0.2, 0.25) is 0 Å². The molecule has 0 aromatic heterocycles. The molecule has 0 saturated carbocycles. The van der Waals surface area contributed by atoms with Crippen LogP contribution in [0.3, 0.4) is 0 Å². The second-order valence-electron chi connectivity index (χ2n) is 3.48. The van der Waals surface area contributed by atoms with E-state index in [-0.39, 0.29) is 12.4 Å². The highest BCUT2D eigenvalue weighted by Gasteiger charge is 2.15. The predicted octanol–water partition coefficient (Wildman–Crippen LogP) is 2.06. The second kappa shape index (κ2) is 6.07. The van der Waals surface area contributed by atoms with Gasteiger partial charge < -0.3 is 9.46 Å². The molecule has 0 unspecified atom stereocenters. The molecule has 18 heavy (non-hydrogen) atoms. The van der Waals surface area contributed by atoms with Crippen LogP contribution in [0.15, 0.2) is 53.6 Å². The number of allylic oxidation sites excluding steroid dienone is 2. The molecule has 5 heteroatoms. The zero-order chi connectivity index (χ0) is 12.8.